The van der Waals surface area contributed by atoms with Crippen molar-refractivity contribution >= 4 is 16.9 Å². The van der Waals surface area contributed by atoms with Gasteiger partial charge in [-0.25, -0.2) is 0 Å². The molecule has 1 aromatic heterocycles. The second kappa shape index (κ2) is 6.63. The lowest BCUT2D eigenvalue weighted by Crippen LogP contribution is -2.37. The zero-order valence-electron chi connectivity index (χ0n) is 12.6. The van der Waals surface area contributed by atoms with Crippen LogP contribution in [-0.2, 0) is 11.3 Å². The number of hydrogen-bond donors (Lipinski definition) is 2. The largest absolute Gasteiger partial charge is 0.497 e. The van der Waals surface area contributed by atoms with Gasteiger partial charge in [-0.3, -0.25) is 10.1 Å². The number of carbonyl (C=O) groups is 1. The van der Waals surface area contributed by atoms with Gasteiger partial charge in [0.15, 0.2) is 0 Å². The summed E-state index contributed by atoms with van der Waals surface area (Å²) in [6.45, 7) is 4.40. The molecule has 0 radical (unpaired) electrons. The highest BCUT2D eigenvalue weighted by Crippen LogP contribution is 2.24. The maximum Gasteiger partial charge on any atom is 0.320 e. The topological polar surface area (TPSA) is 71.7 Å². The van der Waals surface area contributed by atoms with Gasteiger partial charge in [0.2, 0.25) is 0 Å². The Labute approximate surface area is 123 Å². The predicted molar refractivity (Wildman–Crippen MR) is 80.5 cm³/mol. The molecule has 2 aromatic rings. The van der Waals surface area contributed by atoms with Gasteiger partial charge in [0.25, 0.3) is 0 Å². The average Bonchev–Trinajstić information content (AvgIpc) is 2.84. The molecule has 0 unspecified atom stereocenters. The van der Waals surface area contributed by atoms with Crippen molar-refractivity contribution in [1.29, 1.82) is 0 Å². The van der Waals surface area contributed by atoms with Crippen molar-refractivity contribution in [3.63, 3.8) is 0 Å². The van der Waals surface area contributed by atoms with Crippen LogP contribution < -0.4 is 10.1 Å². The summed E-state index contributed by atoms with van der Waals surface area (Å²) in [5, 5.41) is 13.2. The fourth-order valence-electron chi connectivity index (χ4n) is 2.26. The number of carboxylic acid groups (broad SMARTS) is 1. The van der Waals surface area contributed by atoms with E-state index in [0.717, 1.165) is 16.7 Å². The number of nitrogens with one attached hydrogen (secondary N) is 1. The molecule has 5 heteroatoms. The Bertz CT molecular complexity index is 618. The van der Waals surface area contributed by atoms with E-state index in [2.05, 4.69) is 5.32 Å². The lowest BCUT2D eigenvalue weighted by Gasteiger charge is -2.15. The van der Waals surface area contributed by atoms with E-state index in [1.807, 2.05) is 38.1 Å². The third-order valence-corrected chi connectivity index (χ3v) is 3.30. The highest BCUT2D eigenvalue weighted by Gasteiger charge is 2.18. The van der Waals surface area contributed by atoms with E-state index in [0.29, 0.717) is 24.6 Å². The highest BCUT2D eigenvalue weighted by atomic mass is 16.5. The number of carboxylic acids is 1. The van der Waals surface area contributed by atoms with Gasteiger partial charge in [0, 0.05) is 5.39 Å². The molecule has 1 aromatic carbocycles. The maximum atomic E-state index is 11.2. The first-order chi connectivity index (χ1) is 9.99. The minimum absolute atomic E-state index is 0.318. The van der Waals surface area contributed by atoms with Crippen molar-refractivity contribution in [1.82, 2.24) is 5.32 Å². The van der Waals surface area contributed by atoms with Crippen LogP contribution in [0.15, 0.2) is 28.7 Å². The van der Waals surface area contributed by atoms with Crippen LogP contribution >= 0.6 is 0 Å². The molecule has 2 rings (SSSR count). The molecule has 0 aliphatic rings. The van der Waals surface area contributed by atoms with E-state index in [4.69, 9.17) is 9.15 Å². The van der Waals surface area contributed by atoms with Gasteiger partial charge in [0.1, 0.15) is 23.1 Å². The maximum absolute atomic E-state index is 11.2. The number of rotatable bonds is 7. The van der Waals surface area contributed by atoms with E-state index in [1.165, 1.54) is 0 Å². The third-order valence-electron chi connectivity index (χ3n) is 3.30. The van der Waals surface area contributed by atoms with Crippen LogP contribution in [0, 0.1) is 5.92 Å². The number of aliphatic carboxylic acids is 1. The molecule has 0 aliphatic heterocycles. The van der Waals surface area contributed by atoms with Gasteiger partial charge in [-0.05, 0) is 36.6 Å². The Morgan fingerprint density at radius 2 is 2.14 bits per heavy atom. The Balaban J connectivity index is 2.06. The molecule has 0 amide bonds. The number of fused-ring (bicyclic) bond motifs is 1. The molecular formula is C16H21NO4. The summed E-state index contributed by atoms with van der Waals surface area (Å²) in [6, 6.07) is 6.92. The normalized spacial score (nSPS) is 12.8. The summed E-state index contributed by atoms with van der Waals surface area (Å²) in [5.41, 5.74) is 0.767. The quantitative estimate of drug-likeness (QED) is 0.820. The summed E-state index contributed by atoms with van der Waals surface area (Å²) >= 11 is 0. The lowest BCUT2D eigenvalue weighted by atomic mass is 10.0. The SMILES string of the molecule is COc1ccc2oc(CN[C@H](CC(C)C)C(=O)O)cc2c1. The van der Waals surface area contributed by atoms with Crippen LogP contribution in [-0.4, -0.2) is 24.2 Å². The van der Waals surface area contributed by atoms with Crippen molar-refractivity contribution in [3.8, 4) is 5.75 Å². The zero-order chi connectivity index (χ0) is 15.4. The second-order valence-electron chi connectivity index (χ2n) is 5.52. The summed E-state index contributed by atoms with van der Waals surface area (Å²) in [4.78, 5) is 11.2. The monoisotopic (exact) mass is 291 g/mol. The van der Waals surface area contributed by atoms with E-state index in [9.17, 15) is 9.90 Å². The summed E-state index contributed by atoms with van der Waals surface area (Å²) in [6.07, 6.45) is 0.587. The van der Waals surface area contributed by atoms with E-state index >= 15 is 0 Å². The van der Waals surface area contributed by atoms with Gasteiger partial charge in [-0.2, -0.15) is 0 Å². The van der Waals surface area contributed by atoms with Crippen molar-refractivity contribution < 1.29 is 19.1 Å². The first-order valence-corrected chi connectivity index (χ1v) is 7.02. The minimum Gasteiger partial charge on any atom is -0.497 e. The van der Waals surface area contributed by atoms with Crippen molar-refractivity contribution in [2.24, 2.45) is 5.92 Å². The predicted octanol–water partition coefficient (Wildman–Crippen LogP) is 3.03. The van der Waals surface area contributed by atoms with Crippen LogP contribution in [0.2, 0.25) is 0 Å². The second-order valence-corrected chi connectivity index (χ2v) is 5.52. The highest BCUT2D eigenvalue weighted by molar-refractivity contribution is 5.79. The van der Waals surface area contributed by atoms with E-state index < -0.39 is 12.0 Å². The Morgan fingerprint density at radius 1 is 1.38 bits per heavy atom. The zero-order valence-corrected chi connectivity index (χ0v) is 12.6. The van der Waals surface area contributed by atoms with Crippen molar-refractivity contribution in [3.05, 3.63) is 30.0 Å². The molecule has 0 saturated heterocycles. The molecule has 0 saturated carbocycles. The van der Waals surface area contributed by atoms with Gasteiger partial charge in [0.05, 0.1) is 13.7 Å². The molecule has 0 fully saturated rings. The van der Waals surface area contributed by atoms with Crippen LogP contribution in [0.25, 0.3) is 11.0 Å². The number of hydrogen-bond acceptors (Lipinski definition) is 4. The van der Waals surface area contributed by atoms with Gasteiger partial charge in [-0.1, -0.05) is 13.8 Å². The Hall–Kier alpha value is -2.01. The van der Waals surface area contributed by atoms with E-state index in [1.54, 1.807) is 7.11 Å². The van der Waals surface area contributed by atoms with Crippen molar-refractivity contribution in [2.45, 2.75) is 32.9 Å². The summed E-state index contributed by atoms with van der Waals surface area (Å²) in [5.74, 6) is 0.972. The molecule has 2 N–H and O–H groups in total. The fraction of sp³-hybridized carbons (Fsp3) is 0.438. The number of benzene rings is 1. The van der Waals surface area contributed by atoms with Crippen LogP contribution in [0.5, 0.6) is 5.75 Å². The molecule has 0 spiro atoms. The summed E-state index contributed by atoms with van der Waals surface area (Å²) < 4.78 is 10.9. The molecule has 21 heavy (non-hydrogen) atoms. The Kier molecular flexibility index (Phi) is 4.85. The first-order valence-electron chi connectivity index (χ1n) is 7.02. The fourth-order valence-corrected chi connectivity index (χ4v) is 2.26. The van der Waals surface area contributed by atoms with Crippen molar-refractivity contribution in [2.75, 3.05) is 7.11 Å². The molecule has 114 valence electrons. The van der Waals surface area contributed by atoms with Gasteiger partial charge < -0.3 is 14.3 Å². The molecule has 1 heterocycles. The standard InChI is InChI=1S/C16H21NO4/c1-10(2)6-14(16(18)19)17-9-13-8-11-7-12(20-3)4-5-15(11)21-13/h4-5,7-8,10,14,17H,6,9H2,1-3H3,(H,18,19)/t14-/m1/s1. The van der Waals surface area contributed by atoms with Gasteiger partial charge >= 0.3 is 5.97 Å². The number of methoxy groups -OCH3 is 1. The van der Waals surface area contributed by atoms with Gasteiger partial charge in [-0.15, -0.1) is 0 Å². The third kappa shape index (κ3) is 3.98. The molecular weight excluding hydrogens is 270 g/mol. The molecule has 0 aliphatic carbocycles. The average molecular weight is 291 g/mol. The minimum atomic E-state index is -0.832. The van der Waals surface area contributed by atoms with Crippen LogP contribution in [0.3, 0.4) is 0 Å². The summed E-state index contributed by atoms with van der Waals surface area (Å²) in [7, 11) is 1.62. The lowest BCUT2D eigenvalue weighted by molar-refractivity contribution is -0.140. The number of furan rings is 1. The first kappa shape index (κ1) is 15.4. The molecule has 0 bridgehead atoms. The Morgan fingerprint density at radius 3 is 2.76 bits per heavy atom. The van der Waals surface area contributed by atoms with Crippen LogP contribution in [0.1, 0.15) is 26.0 Å². The molecule has 1 atom stereocenters. The smallest absolute Gasteiger partial charge is 0.320 e. The van der Waals surface area contributed by atoms with E-state index in [-0.39, 0.29) is 0 Å². The van der Waals surface area contributed by atoms with Crippen LogP contribution in [0.4, 0.5) is 0 Å². The molecule has 5 nitrogen and oxygen atoms in total. The number of ether oxygens (including phenoxy) is 1.